The van der Waals surface area contributed by atoms with E-state index in [0.29, 0.717) is 18.8 Å². The number of hydrogen-bond donors (Lipinski definition) is 1. The van der Waals surface area contributed by atoms with Crippen molar-refractivity contribution >= 4 is 0 Å². The standard InChI is InChI=1S/C22H32O6/c1-15(2)22(23,18-14-26-21(5,6)28-18)19(17-13-25-20(3,4)27-17)24-12-16-10-8-7-9-11-16/h7-11,17-19,23H,1,12-14H2,2-6H3/t17-,18-,19-,22-/m1/s1. The Bertz CT molecular complexity index is 686. The van der Waals surface area contributed by atoms with Gasteiger partial charge >= 0.3 is 0 Å². The van der Waals surface area contributed by atoms with E-state index in [1.54, 1.807) is 6.92 Å². The summed E-state index contributed by atoms with van der Waals surface area (Å²) < 4.78 is 29.8. The van der Waals surface area contributed by atoms with Crippen molar-refractivity contribution in [2.75, 3.05) is 13.2 Å². The molecule has 2 aliphatic heterocycles. The first-order valence-corrected chi connectivity index (χ1v) is 9.71. The van der Waals surface area contributed by atoms with Gasteiger partial charge in [-0.1, -0.05) is 36.9 Å². The van der Waals surface area contributed by atoms with E-state index in [-0.39, 0.29) is 6.61 Å². The van der Waals surface area contributed by atoms with Crippen LogP contribution < -0.4 is 0 Å². The summed E-state index contributed by atoms with van der Waals surface area (Å²) in [5, 5.41) is 11.8. The molecule has 0 spiro atoms. The Morgan fingerprint density at radius 3 is 2.25 bits per heavy atom. The Hall–Kier alpha value is -1.28. The molecule has 1 aromatic carbocycles. The Labute approximate surface area is 167 Å². The fraction of sp³-hybridized carbons (Fsp3) is 0.636. The van der Waals surface area contributed by atoms with Gasteiger partial charge in [-0.3, -0.25) is 0 Å². The third kappa shape index (κ3) is 4.48. The highest BCUT2D eigenvalue weighted by atomic mass is 16.8. The Morgan fingerprint density at radius 2 is 1.75 bits per heavy atom. The van der Waals surface area contributed by atoms with Crippen molar-refractivity contribution < 1.29 is 28.8 Å². The fourth-order valence-corrected chi connectivity index (χ4v) is 3.75. The van der Waals surface area contributed by atoms with Crippen LogP contribution in [0.15, 0.2) is 42.5 Å². The molecule has 2 saturated heterocycles. The second-order valence-electron chi connectivity index (χ2n) is 8.51. The van der Waals surface area contributed by atoms with Gasteiger partial charge in [0.2, 0.25) is 0 Å². The van der Waals surface area contributed by atoms with Crippen molar-refractivity contribution in [2.45, 2.75) is 76.7 Å². The molecule has 2 aliphatic rings. The monoisotopic (exact) mass is 392 g/mol. The first-order valence-electron chi connectivity index (χ1n) is 9.71. The Balaban J connectivity index is 1.89. The molecule has 0 unspecified atom stereocenters. The summed E-state index contributed by atoms with van der Waals surface area (Å²) in [6, 6.07) is 9.81. The van der Waals surface area contributed by atoms with Gasteiger partial charge < -0.3 is 28.8 Å². The van der Waals surface area contributed by atoms with Crippen LogP contribution in [0.2, 0.25) is 0 Å². The molecule has 1 N–H and O–H groups in total. The average Bonchev–Trinajstić information content (AvgIpc) is 3.17. The third-order valence-corrected chi connectivity index (χ3v) is 5.26. The predicted octanol–water partition coefficient (Wildman–Crippen LogP) is 3.18. The van der Waals surface area contributed by atoms with Crippen LogP contribution in [0.3, 0.4) is 0 Å². The van der Waals surface area contributed by atoms with Crippen LogP contribution in [0, 0.1) is 0 Å². The average molecular weight is 392 g/mol. The predicted molar refractivity (Wildman–Crippen MR) is 105 cm³/mol. The minimum absolute atomic E-state index is 0.235. The molecule has 6 heteroatoms. The highest BCUT2D eigenvalue weighted by Crippen LogP contribution is 2.40. The summed E-state index contributed by atoms with van der Waals surface area (Å²) in [5.41, 5.74) is 0.0283. The maximum absolute atomic E-state index is 11.8. The van der Waals surface area contributed by atoms with E-state index in [0.717, 1.165) is 5.56 Å². The molecule has 28 heavy (non-hydrogen) atoms. The lowest BCUT2D eigenvalue weighted by molar-refractivity contribution is -0.221. The second kappa shape index (κ2) is 7.86. The van der Waals surface area contributed by atoms with Crippen molar-refractivity contribution in [3.63, 3.8) is 0 Å². The lowest BCUT2D eigenvalue weighted by Crippen LogP contribution is -2.60. The summed E-state index contributed by atoms with van der Waals surface area (Å²) in [4.78, 5) is 0. The zero-order chi connectivity index (χ0) is 20.6. The normalized spacial score (nSPS) is 29.4. The first-order chi connectivity index (χ1) is 13.0. The molecule has 1 aromatic rings. The highest BCUT2D eigenvalue weighted by Gasteiger charge is 2.56. The highest BCUT2D eigenvalue weighted by molar-refractivity contribution is 5.21. The molecule has 3 rings (SSSR count). The van der Waals surface area contributed by atoms with Crippen LogP contribution in [-0.4, -0.2) is 53.8 Å². The Kier molecular flexibility index (Phi) is 6.01. The van der Waals surface area contributed by atoms with Gasteiger partial charge in [-0.2, -0.15) is 0 Å². The molecule has 2 fully saturated rings. The molecule has 2 heterocycles. The van der Waals surface area contributed by atoms with Crippen LogP contribution >= 0.6 is 0 Å². The van der Waals surface area contributed by atoms with Crippen LogP contribution in [-0.2, 0) is 30.3 Å². The smallest absolute Gasteiger partial charge is 0.163 e. The number of hydrogen-bond acceptors (Lipinski definition) is 6. The molecular formula is C22H32O6. The molecule has 156 valence electrons. The molecule has 6 nitrogen and oxygen atoms in total. The molecule has 0 aliphatic carbocycles. The zero-order valence-electron chi connectivity index (χ0n) is 17.4. The molecule has 0 amide bonds. The number of benzene rings is 1. The van der Waals surface area contributed by atoms with Crippen LogP contribution in [0.5, 0.6) is 0 Å². The van der Waals surface area contributed by atoms with E-state index in [4.69, 9.17) is 23.7 Å². The molecule has 0 saturated carbocycles. The molecular weight excluding hydrogens is 360 g/mol. The first kappa shape index (κ1) is 21.4. The minimum Gasteiger partial charge on any atom is -0.380 e. The number of aliphatic hydroxyl groups is 1. The molecule has 4 atom stereocenters. The van der Waals surface area contributed by atoms with Gasteiger partial charge in [0.25, 0.3) is 0 Å². The van der Waals surface area contributed by atoms with Gasteiger partial charge in [0, 0.05) is 0 Å². The quantitative estimate of drug-likeness (QED) is 0.719. The van der Waals surface area contributed by atoms with E-state index >= 15 is 0 Å². The van der Waals surface area contributed by atoms with Gasteiger partial charge in [-0.15, -0.1) is 0 Å². The molecule has 0 radical (unpaired) electrons. The largest absolute Gasteiger partial charge is 0.380 e. The molecule has 0 bridgehead atoms. The van der Waals surface area contributed by atoms with Crippen LogP contribution in [0.25, 0.3) is 0 Å². The van der Waals surface area contributed by atoms with Crippen LogP contribution in [0.4, 0.5) is 0 Å². The van der Waals surface area contributed by atoms with Crippen molar-refractivity contribution in [3.8, 4) is 0 Å². The zero-order valence-corrected chi connectivity index (χ0v) is 17.4. The van der Waals surface area contributed by atoms with Crippen molar-refractivity contribution in [1.29, 1.82) is 0 Å². The lowest BCUT2D eigenvalue weighted by Gasteiger charge is -2.42. The van der Waals surface area contributed by atoms with E-state index in [1.165, 1.54) is 0 Å². The van der Waals surface area contributed by atoms with E-state index in [2.05, 4.69) is 6.58 Å². The topological polar surface area (TPSA) is 66.4 Å². The van der Waals surface area contributed by atoms with Gasteiger partial charge in [-0.25, -0.2) is 0 Å². The van der Waals surface area contributed by atoms with Gasteiger partial charge in [-0.05, 0) is 45.8 Å². The fourth-order valence-electron chi connectivity index (χ4n) is 3.75. The van der Waals surface area contributed by atoms with Crippen LogP contribution in [0.1, 0.15) is 40.2 Å². The van der Waals surface area contributed by atoms with E-state index < -0.39 is 35.5 Å². The lowest BCUT2D eigenvalue weighted by atomic mass is 9.81. The molecule has 0 aromatic heterocycles. The van der Waals surface area contributed by atoms with Crippen molar-refractivity contribution in [1.82, 2.24) is 0 Å². The number of rotatable bonds is 7. The number of ether oxygens (including phenoxy) is 5. The van der Waals surface area contributed by atoms with Gasteiger partial charge in [0.05, 0.1) is 19.8 Å². The second-order valence-corrected chi connectivity index (χ2v) is 8.51. The van der Waals surface area contributed by atoms with E-state index in [1.807, 2.05) is 58.0 Å². The SMILES string of the molecule is C=C(C)[C@](O)([C@H](OCc1ccccc1)[C@H]1COC(C)(C)O1)[C@H]1COC(C)(C)O1. The summed E-state index contributed by atoms with van der Waals surface area (Å²) in [7, 11) is 0. The maximum atomic E-state index is 11.8. The van der Waals surface area contributed by atoms with Gasteiger partial charge in [0.15, 0.2) is 11.6 Å². The maximum Gasteiger partial charge on any atom is 0.163 e. The minimum atomic E-state index is -1.50. The Morgan fingerprint density at radius 1 is 1.14 bits per heavy atom. The summed E-state index contributed by atoms with van der Waals surface area (Å²) in [5.74, 6) is -1.54. The summed E-state index contributed by atoms with van der Waals surface area (Å²) in [6.07, 6.45) is -1.85. The third-order valence-electron chi connectivity index (χ3n) is 5.26. The van der Waals surface area contributed by atoms with E-state index in [9.17, 15) is 5.11 Å². The van der Waals surface area contributed by atoms with Crippen molar-refractivity contribution in [2.24, 2.45) is 0 Å². The summed E-state index contributed by atoms with van der Waals surface area (Å²) >= 11 is 0. The van der Waals surface area contributed by atoms with Crippen molar-refractivity contribution in [3.05, 3.63) is 48.0 Å². The van der Waals surface area contributed by atoms with Gasteiger partial charge in [0.1, 0.15) is 23.9 Å². The summed E-state index contributed by atoms with van der Waals surface area (Å²) in [6.45, 7) is 14.0.